The number of hydrogen-bond donors (Lipinski definition) is 0. The Morgan fingerprint density at radius 2 is 2.00 bits per heavy atom. The molecule has 20 heavy (non-hydrogen) atoms. The van der Waals surface area contributed by atoms with Crippen molar-refractivity contribution in [3.63, 3.8) is 0 Å². The van der Waals surface area contributed by atoms with Crippen LogP contribution in [0.15, 0.2) is 0 Å². The lowest BCUT2D eigenvalue weighted by molar-refractivity contribution is -0.161. The van der Waals surface area contributed by atoms with E-state index in [9.17, 15) is 4.79 Å². The van der Waals surface area contributed by atoms with Gasteiger partial charge >= 0.3 is 5.97 Å². The second kappa shape index (κ2) is 6.42. The van der Waals surface area contributed by atoms with E-state index in [2.05, 4.69) is 12.0 Å². The summed E-state index contributed by atoms with van der Waals surface area (Å²) in [4.78, 5) is 12.2. The Labute approximate surface area is 122 Å². The molecular formula is C16H28N2O2. The molecule has 0 spiro atoms. The lowest BCUT2D eigenvalue weighted by Gasteiger charge is -2.26. The average Bonchev–Trinajstić information content (AvgIpc) is 2.55. The largest absolute Gasteiger partial charge is 0.459 e. The van der Waals surface area contributed by atoms with Gasteiger partial charge in [-0.25, -0.2) is 0 Å². The van der Waals surface area contributed by atoms with Crippen LogP contribution in [0.3, 0.4) is 0 Å². The minimum atomic E-state index is -0.376. The molecule has 1 heterocycles. The van der Waals surface area contributed by atoms with E-state index in [1.54, 1.807) is 0 Å². The van der Waals surface area contributed by atoms with Crippen molar-refractivity contribution in [2.75, 3.05) is 0 Å². The normalized spacial score (nSPS) is 13.3. The standard InChI is InChI=1S/C16H28N2O2/c1-8-9-16(5,6)20-15(19)11(2)10-14-12(3)17-18(7)13(14)4/h11H,8-10H2,1-7H3/t11-/m0/s1. The van der Waals surface area contributed by atoms with Crippen LogP contribution in [0.1, 0.15) is 57.5 Å². The quantitative estimate of drug-likeness (QED) is 0.751. The smallest absolute Gasteiger partial charge is 0.309 e. The van der Waals surface area contributed by atoms with Gasteiger partial charge < -0.3 is 4.74 Å². The summed E-state index contributed by atoms with van der Waals surface area (Å²) in [6, 6.07) is 0. The highest BCUT2D eigenvalue weighted by molar-refractivity contribution is 5.73. The Bertz CT molecular complexity index is 475. The minimum absolute atomic E-state index is 0.119. The molecule has 4 nitrogen and oxygen atoms in total. The molecule has 4 heteroatoms. The van der Waals surface area contributed by atoms with Crippen molar-refractivity contribution in [3.8, 4) is 0 Å². The van der Waals surface area contributed by atoms with E-state index in [0.717, 1.165) is 29.8 Å². The highest BCUT2D eigenvalue weighted by Gasteiger charge is 2.26. The summed E-state index contributed by atoms with van der Waals surface area (Å²) in [5.41, 5.74) is 2.90. The molecule has 0 N–H and O–H groups in total. The third-order valence-corrected chi connectivity index (χ3v) is 3.80. The number of nitrogens with zero attached hydrogens (tertiary/aromatic N) is 2. The van der Waals surface area contributed by atoms with Gasteiger partial charge in [0.2, 0.25) is 0 Å². The van der Waals surface area contributed by atoms with Gasteiger partial charge in [0.15, 0.2) is 0 Å². The molecule has 0 aliphatic carbocycles. The van der Waals surface area contributed by atoms with Crippen LogP contribution in [0.4, 0.5) is 0 Å². The first-order valence-electron chi connectivity index (χ1n) is 7.40. The third kappa shape index (κ3) is 4.09. The van der Waals surface area contributed by atoms with Gasteiger partial charge in [-0.2, -0.15) is 5.10 Å². The Hall–Kier alpha value is -1.32. The first-order chi connectivity index (χ1) is 9.18. The molecule has 0 radical (unpaired) electrons. The second-order valence-corrected chi connectivity index (χ2v) is 6.31. The van der Waals surface area contributed by atoms with E-state index in [4.69, 9.17) is 4.74 Å². The Morgan fingerprint density at radius 1 is 1.40 bits per heavy atom. The van der Waals surface area contributed by atoms with E-state index < -0.39 is 0 Å². The van der Waals surface area contributed by atoms with Gasteiger partial charge in [0.1, 0.15) is 5.60 Å². The highest BCUT2D eigenvalue weighted by Crippen LogP contribution is 2.22. The summed E-state index contributed by atoms with van der Waals surface area (Å²) in [6.45, 7) is 12.0. The molecule has 1 aromatic rings. The second-order valence-electron chi connectivity index (χ2n) is 6.31. The molecular weight excluding hydrogens is 252 g/mol. The molecule has 0 amide bonds. The fourth-order valence-corrected chi connectivity index (χ4v) is 2.53. The first kappa shape index (κ1) is 16.7. The average molecular weight is 280 g/mol. The zero-order valence-corrected chi connectivity index (χ0v) is 13.9. The van der Waals surface area contributed by atoms with Crippen molar-refractivity contribution in [3.05, 3.63) is 17.0 Å². The fourth-order valence-electron chi connectivity index (χ4n) is 2.53. The van der Waals surface area contributed by atoms with Crippen LogP contribution in [0.5, 0.6) is 0 Å². The molecule has 1 atom stereocenters. The van der Waals surface area contributed by atoms with Crippen molar-refractivity contribution in [1.29, 1.82) is 0 Å². The fraction of sp³-hybridized carbons (Fsp3) is 0.750. The highest BCUT2D eigenvalue weighted by atomic mass is 16.6. The molecule has 1 aromatic heterocycles. The molecule has 0 bridgehead atoms. The topological polar surface area (TPSA) is 44.1 Å². The monoisotopic (exact) mass is 280 g/mol. The number of aryl methyl sites for hydroxylation is 2. The molecule has 0 fully saturated rings. The van der Waals surface area contributed by atoms with Crippen LogP contribution in [0, 0.1) is 19.8 Å². The molecule has 0 aromatic carbocycles. The van der Waals surface area contributed by atoms with Crippen LogP contribution in [-0.4, -0.2) is 21.4 Å². The maximum atomic E-state index is 12.2. The van der Waals surface area contributed by atoms with Crippen molar-refractivity contribution in [1.82, 2.24) is 9.78 Å². The van der Waals surface area contributed by atoms with E-state index in [1.165, 1.54) is 0 Å². The molecule has 0 saturated carbocycles. The number of esters is 1. The van der Waals surface area contributed by atoms with Gasteiger partial charge in [0.05, 0.1) is 11.6 Å². The molecule has 0 aliphatic rings. The Balaban J connectivity index is 2.71. The van der Waals surface area contributed by atoms with E-state index in [1.807, 2.05) is 46.3 Å². The summed E-state index contributed by atoms with van der Waals surface area (Å²) < 4.78 is 7.50. The van der Waals surface area contributed by atoms with Crippen molar-refractivity contribution < 1.29 is 9.53 Å². The zero-order valence-electron chi connectivity index (χ0n) is 13.9. The Kier molecular flexibility index (Phi) is 5.37. The molecule has 0 unspecified atom stereocenters. The summed E-state index contributed by atoms with van der Waals surface area (Å²) in [6.07, 6.45) is 2.58. The maximum Gasteiger partial charge on any atom is 0.309 e. The van der Waals surface area contributed by atoms with Crippen LogP contribution >= 0.6 is 0 Å². The van der Waals surface area contributed by atoms with Gasteiger partial charge in [-0.1, -0.05) is 20.3 Å². The molecule has 1 rings (SSSR count). The lowest BCUT2D eigenvalue weighted by atomic mass is 9.98. The van der Waals surface area contributed by atoms with Gasteiger partial charge in [0.25, 0.3) is 0 Å². The van der Waals surface area contributed by atoms with E-state index >= 15 is 0 Å². The van der Waals surface area contributed by atoms with Crippen LogP contribution < -0.4 is 0 Å². The van der Waals surface area contributed by atoms with E-state index in [0.29, 0.717) is 6.42 Å². The SMILES string of the molecule is CCCC(C)(C)OC(=O)[C@@H](C)Cc1c(C)nn(C)c1C. The number of rotatable bonds is 6. The number of ether oxygens (including phenoxy) is 1. The summed E-state index contributed by atoms with van der Waals surface area (Å²) in [5.74, 6) is -0.265. The Morgan fingerprint density at radius 3 is 2.45 bits per heavy atom. The first-order valence-corrected chi connectivity index (χ1v) is 7.40. The summed E-state index contributed by atoms with van der Waals surface area (Å²) in [7, 11) is 1.93. The van der Waals surface area contributed by atoms with Gasteiger partial charge in [0, 0.05) is 12.7 Å². The van der Waals surface area contributed by atoms with E-state index in [-0.39, 0.29) is 17.5 Å². The van der Waals surface area contributed by atoms with Gasteiger partial charge in [-0.05, 0) is 46.1 Å². The minimum Gasteiger partial charge on any atom is -0.459 e. The number of aromatic nitrogens is 2. The predicted octanol–water partition coefficient (Wildman–Crippen LogP) is 3.34. The zero-order chi connectivity index (χ0) is 15.5. The lowest BCUT2D eigenvalue weighted by Crippen LogP contribution is -2.31. The third-order valence-electron chi connectivity index (χ3n) is 3.80. The van der Waals surface area contributed by atoms with Crippen LogP contribution in [0.25, 0.3) is 0 Å². The number of hydrogen-bond acceptors (Lipinski definition) is 3. The molecule has 0 saturated heterocycles. The van der Waals surface area contributed by atoms with Crippen molar-refractivity contribution in [2.24, 2.45) is 13.0 Å². The van der Waals surface area contributed by atoms with Crippen LogP contribution in [-0.2, 0) is 23.0 Å². The summed E-state index contributed by atoms with van der Waals surface area (Å²) >= 11 is 0. The predicted molar refractivity (Wildman–Crippen MR) is 80.6 cm³/mol. The number of carbonyl (C=O) groups is 1. The summed E-state index contributed by atoms with van der Waals surface area (Å²) in [5, 5.41) is 4.39. The van der Waals surface area contributed by atoms with Gasteiger partial charge in [-0.3, -0.25) is 9.48 Å². The van der Waals surface area contributed by atoms with Gasteiger partial charge in [-0.15, -0.1) is 0 Å². The van der Waals surface area contributed by atoms with Crippen molar-refractivity contribution in [2.45, 2.75) is 66.4 Å². The molecule has 0 aliphatic heterocycles. The number of carbonyl (C=O) groups excluding carboxylic acids is 1. The van der Waals surface area contributed by atoms with Crippen LogP contribution in [0.2, 0.25) is 0 Å². The van der Waals surface area contributed by atoms with Crippen molar-refractivity contribution >= 4 is 5.97 Å². The maximum absolute atomic E-state index is 12.2. The molecule has 114 valence electrons.